The van der Waals surface area contributed by atoms with Gasteiger partial charge < -0.3 is 0 Å². The Kier molecular flexibility index (Phi) is 9.43. The van der Waals surface area contributed by atoms with Crippen LogP contribution in [0, 0.1) is 0 Å². The molecule has 0 saturated heterocycles. The molecule has 1 rings (SSSR count). The van der Waals surface area contributed by atoms with E-state index >= 15 is 0 Å². The van der Waals surface area contributed by atoms with Crippen molar-refractivity contribution in [3.63, 3.8) is 0 Å². The third-order valence-corrected chi connectivity index (χ3v) is 11.8. The Bertz CT molecular complexity index is 394. The average Bonchev–Trinajstić information content (AvgIpc) is 2.54. The highest BCUT2D eigenvalue weighted by Crippen LogP contribution is 2.40. The zero-order chi connectivity index (χ0) is 16.4. The first kappa shape index (κ1) is 19.8. The highest BCUT2D eigenvalue weighted by molar-refractivity contribution is 6.81. The first-order valence-corrected chi connectivity index (χ1v) is 12.4. The third-order valence-electron chi connectivity index (χ3n) is 5.35. The highest BCUT2D eigenvalue weighted by atomic mass is 35.5. The van der Waals surface area contributed by atoms with Crippen LogP contribution in [0.5, 0.6) is 0 Å². The van der Waals surface area contributed by atoms with E-state index in [-0.39, 0.29) is 0 Å². The highest BCUT2D eigenvalue weighted by Gasteiger charge is 2.37. The molecule has 0 spiro atoms. The molecule has 2 heteroatoms. The second-order valence-corrected chi connectivity index (χ2v) is 12.5. The number of benzene rings is 1. The van der Waals surface area contributed by atoms with Crippen LogP contribution in [0.15, 0.2) is 24.3 Å². The summed E-state index contributed by atoms with van der Waals surface area (Å²) in [7, 11) is -1.28. The van der Waals surface area contributed by atoms with Crippen LogP contribution in [0.3, 0.4) is 0 Å². The van der Waals surface area contributed by atoms with E-state index in [1.165, 1.54) is 62.2 Å². The van der Waals surface area contributed by atoms with Gasteiger partial charge in [-0.15, -0.1) is 0 Å². The van der Waals surface area contributed by atoms with Crippen LogP contribution in [0.4, 0.5) is 0 Å². The number of unbranched alkanes of at least 4 members (excludes halogenated alkanes) is 3. The molecule has 1 aromatic carbocycles. The molecular weight excluding hydrogens is 304 g/mol. The summed E-state index contributed by atoms with van der Waals surface area (Å²) >= 11 is 6.27. The van der Waals surface area contributed by atoms with Gasteiger partial charge in [0.05, 0.1) is 8.07 Å². The van der Waals surface area contributed by atoms with E-state index < -0.39 is 8.07 Å². The molecule has 0 aliphatic carbocycles. The molecule has 0 N–H and O–H groups in total. The minimum Gasteiger partial charge on any atom is -0.0843 e. The minimum atomic E-state index is -1.28. The largest absolute Gasteiger partial charge is 0.0843 e. The lowest BCUT2D eigenvalue weighted by molar-refractivity contribution is 0.761. The van der Waals surface area contributed by atoms with E-state index in [0.717, 1.165) is 10.6 Å². The summed E-state index contributed by atoms with van der Waals surface area (Å²) in [6.07, 6.45) is 8.21. The summed E-state index contributed by atoms with van der Waals surface area (Å²) in [5.74, 6) is 0. The minimum absolute atomic E-state index is 0.732. The zero-order valence-corrected chi connectivity index (χ0v) is 16.9. The molecule has 126 valence electrons. The number of halogens is 1. The molecule has 0 aliphatic rings. The Morgan fingerprint density at radius 2 is 1.41 bits per heavy atom. The molecule has 0 radical (unpaired) electrons. The standard InChI is InChI=1S/C20H35ClSi/c1-5-8-14-22(15-9-6-2,16-10-7-3)18(4)19-12-11-13-20(21)17-19/h11-13,17-18H,5-10,14-16H2,1-4H3. The summed E-state index contributed by atoms with van der Waals surface area (Å²) in [5, 5.41) is 0.897. The molecular formula is C20H35ClSi. The van der Waals surface area contributed by atoms with Crippen molar-refractivity contribution >= 4 is 19.7 Å². The van der Waals surface area contributed by atoms with Gasteiger partial charge >= 0.3 is 0 Å². The lowest BCUT2D eigenvalue weighted by Gasteiger charge is -2.38. The van der Waals surface area contributed by atoms with Gasteiger partial charge in [-0.25, -0.2) is 0 Å². The van der Waals surface area contributed by atoms with Crippen molar-refractivity contribution in [2.24, 2.45) is 0 Å². The quantitative estimate of drug-likeness (QED) is 0.360. The summed E-state index contributed by atoms with van der Waals surface area (Å²) < 4.78 is 0. The fraction of sp³-hybridized carbons (Fsp3) is 0.700. The molecule has 0 aromatic heterocycles. The van der Waals surface area contributed by atoms with Gasteiger partial charge in [-0.2, -0.15) is 0 Å². The van der Waals surface area contributed by atoms with Crippen molar-refractivity contribution in [1.82, 2.24) is 0 Å². The molecule has 0 bridgehead atoms. The molecule has 1 unspecified atom stereocenters. The molecule has 0 fully saturated rings. The topological polar surface area (TPSA) is 0 Å². The maximum absolute atomic E-state index is 6.27. The first-order chi connectivity index (χ1) is 10.6. The molecule has 0 nitrogen and oxygen atoms in total. The number of hydrogen-bond donors (Lipinski definition) is 0. The molecule has 22 heavy (non-hydrogen) atoms. The summed E-state index contributed by atoms with van der Waals surface area (Å²) in [6, 6.07) is 13.2. The van der Waals surface area contributed by atoms with Gasteiger partial charge in [0.1, 0.15) is 0 Å². The van der Waals surface area contributed by atoms with Crippen molar-refractivity contribution < 1.29 is 0 Å². The van der Waals surface area contributed by atoms with Gasteiger partial charge in [0, 0.05) is 5.02 Å². The molecule has 0 saturated carbocycles. The lowest BCUT2D eigenvalue weighted by Crippen LogP contribution is -2.40. The smallest absolute Gasteiger partial charge is 0.0609 e. The van der Waals surface area contributed by atoms with E-state index in [4.69, 9.17) is 11.6 Å². The van der Waals surface area contributed by atoms with Gasteiger partial charge in [0.2, 0.25) is 0 Å². The van der Waals surface area contributed by atoms with Gasteiger partial charge in [0.25, 0.3) is 0 Å². The fourth-order valence-electron chi connectivity index (χ4n) is 3.74. The second-order valence-electron chi connectivity index (χ2n) is 6.95. The Morgan fingerprint density at radius 1 is 0.909 bits per heavy atom. The van der Waals surface area contributed by atoms with Gasteiger partial charge in [0.15, 0.2) is 0 Å². The van der Waals surface area contributed by atoms with E-state index in [2.05, 4.69) is 45.9 Å². The Morgan fingerprint density at radius 3 is 1.82 bits per heavy atom. The predicted molar refractivity (Wildman–Crippen MR) is 105 cm³/mol. The van der Waals surface area contributed by atoms with E-state index in [0.29, 0.717) is 0 Å². The normalized spacial score (nSPS) is 13.3. The molecule has 0 heterocycles. The maximum atomic E-state index is 6.27. The van der Waals surface area contributed by atoms with E-state index in [9.17, 15) is 0 Å². The number of rotatable bonds is 11. The Balaban J connectivity index is 3.06. The van der Waals surface area contributed by atoms with Gasteiger partial charge in [-0.1, -0.05) is 108 Å². The zero-order valence-electron chi connectivity index (χ0n) is 15.1. The maximum Gasteiger partial charge on any atom is 0.0609 e. The van der Waals surface area contributed by atoms with Gasteiger partial charge in [-0.3, -0.25) is 0 Å². The molecule has 1 aromatic rings. The van der Waals surface area contributed by atoms with Crippen LogP contribution >= 0.6 is 11.6 Å². The van der Waals surface area contributed by atoms with E-state index in [1.54, 1.807) is 0 Å². The fourth-order valence-corrected chi connectivity index (χ4v) is 10.0. The number of hydrogen-bond acceptors (Lipinski definition) is 0. The van der Waals surface area contributed by atoms with Crippen LogP contribution in [0.25, 0.3) is 0 Å². The monoisotopic (exact) mass is 338 g/mol. The van der Waals surface area contributed by atoms with Crippen LogP contribution in [0.1, 0.15) is 77.3 Å². The lowest BCUT2D eigenvalue weighted by atomic mass is 10.2. The second kappa shape index (κ2) is 10.5. The van der Waals surface area contributed by atoms with Gasteiger partial charge in [-0.05, 0) is 23.2 Å². The van der Waals surface area contributed by atoms with Crippen molar-refractivity contribution in [3.8, 4) is 0 Å². The first-order valence-electron chi connectivity index (χ1n) is 9.35. The summed E-state index contributed by atoms with van der Waals surface area (Å²) in [5.41, 5.74) is 2.22. The Labute approximate surface area is 144 Å². The van der Waals surface area contributed by atoms with Crippen LogP contribution in [0.2, 0.25) is 23.2 Å². The predicted octanol–water partition coefficient (Wildman–Crippen LogP) is 7.83. The van der Waals surface area contributed by atoms with Crippen molar-refractivity contribution in [2.75, 3.05) is 0 Å². The average molecular weight is 339 g/mol. The van der Waals surface area contributed by atoms with E-state index in [1.807, 2.05) is 6.07 Å². The summed E-state index contributed by atoms with van der Waals surface area (Å²) in [6.45, 7) is 9.51. The third kappa shape index (κ3) is 5.74. The van der Waals surface area contributed by atoms with Crippen LogP contribution in [-0.2, 0) is 0 Å². The van der Waals surface area contributed by atoms with Crippen LogP contribution < -0.4 is 0 Å². The molecule has 1 atom stereocenters. The van der Waals surface area contributed by atoms with Crippen molar-refractivity contribution in [1.29, 1.82) is 0 Å². The van der Waals surface area contributed by atoms with Crippen LogP contribution in [-0.4, -0.2) is 8.07 Å². The molecule has 0 aliphatic heterocycles. The SMILES string of the molecule is CCCC[Si](CCCC)(CCCC)C(C)c1cccc(Cl)c1. The summed E-state index contributed by atoms with van der Waals surface area (Å²) in [4.78, 5) is 0. The molecule has 0 amide bonds. The van der Waals surface area contributed by atoms with Crippen molar-refractivity contribution in [3.05, 3.63) is 34.9 Å². The van der Waals surface area contributed by atoms with Crippen molar-refractivity contribution in [2.45, 2.75) is 89.9 Å². The Hall–Kier alpha value is -0.273.